The van der Waals surface area contributed by atoms with Gasteiger partial charge in [-0.3, -0.25) is 19.1 Å². The zero-order chi connectivity index (χ0) is 47.1. The molecule has 0 spiro atoms. The quantitative estimate of drug-likeness (QED) is 0.0821. The SMILES string of the molecule is COc1ccc(CN(Cc2ccc(OC)cc2)S(=O)(=O)c2cc(C(C)=O)n(C)n2)cc1.COc1ccc(CN(Cc2ccc(OC)cc2)S(=O)(=O)c2cc(C3(N(C)C)CC3)n(C)n2)cc1. The molecule has 7 rings (SSSR count). The summed E-state index contributed by atoms with van der Waals surface area (Å²) in [6.45, 7) is 2.06. The molecule has 6 aromatic rings. The van der Waals surface area contributed by atoms with Crippen LogP contribution in [0.25, 0.3) is 0 Å². The van der Waals surface area contributed by atoms with Gasteiger partial charge in [0.2, 0.25) is 0 Å². The second kappa shape index (κ2) is 20.4. The number of carbonyl (C=O) groups excluding carboxylic acids is 1. The van der Waals surface area contributed by atoms with Crippen molar-refractivity contribution in [2.45, 2.75) is 61.5 Å². The van der Waals surface area contributed by atoms with E-state index >= 15 is 0 Å². The van der Waals surface area contributed by atoms with Gasteiger partial charge in [-0.25, -0.2) is 16.8 Å². The molecule has 0 atom stereocenters. The summed E-state index contributed by atoms with van der Waals surface area (Å²) in [5, 5.41) is 8.44. The van der Waals surface area contributed by atoms with Gasteiger partial charge in [-0.15, -0.1) is 0 Å². The van der Waals surface area contributed by atoms with Gasteiger partial charge in [0.05, 0.1) is 39.7 Å². The minimum Gasteiger partial charge on any atom is -0.497 e. The molecule has 18 heteroatoms. The molecule has 0 radical (unpaired) electrons. The predicted octanol–water partition coefficient (Wildman–Crippen LogP) is 6.41. The fourth-order valence-corrected chi connectivity index (χ4v) is 10.2. The Morgan fingerprint density at radius 1 is 0.554 bits per heavy atom. The lowest BCUT2D eigenvalue weighted by molar-refractivity contribution is 0.100. The van der Waals surface area contributed by atoms with Gasteiger partial charge in [0.25, 0.3) is 20.0 Å². The molecular formula is C47H57N7O9S2. The van der Waals surface area contributed by atoms with Crippen LogP contribution in [0.15, 0.2) is 119 Å². The lowest BCUT2D eigenvalue weighted by Crippen LogP contribution is -2.30. The summed E-state index contributed by atoms with van der Waals surface area (Å²) >= 11 is 0. The number of hydrogen-bond acceptors (Lipinski definition) is 12. The average Bonchev–Trinajstić information content (AvgIpc) is 3.86. The molecule has 2 aromatic heterocycles. The molecule has 0 bridgehead atoms. The van der Waals surface area contributed by atoms with Crippen LogP contribution in [0.1, 0.15) is 58.2 Å². The first-order chi connectivity index (χ1) is 30.9. The van der Waals surface area contributed by atoms with Gasteiger partial charge in [0.15, 0.2) is 15.8 Å². The van der Waals surface area contributed by atoms with Crippen molar-refractivity contribution in [3.63, 3.8) is 0 Å². The molecule has 1 aliphatic rings. The Morgan fingerprint density at radius 3 is 1.12 bits per heavy atom. The fraction of sp³-hybridized carbons (Fsp3) is 0.340. The van der Waals surface area contributed by atoms with Crippen molar-refractivity contribution in [3.05, 3.63) is 143 Å². The van der Waals surface area contributed by atoms with Crippen LogP contribution >= 0.6 is 0 Å². The van der Waals surface area contributed by atoms with Gasteiger partial charge in [0, 0.05) is 59.3 Å². The zero-order valence-corrected chi connectivity index (χ0v) is 39.9. The summed E-state index contributed by atoms with van der Waals surface area (Å²) in [5.74, 6) is 2.56. The number of carbonyl (C=O) groups is 1. The molecule has 0 saturated heterocycles. The highest BCUT2D eigenvalue weighted by atomic mass is 32.2. The lowest BCUT2D eigenvalue weighted by atomic mass is 10.1. The van der Waals surface area contributed by atoms with E-state index in [0.29, 0.717) is 11.5 Å². The van der Waals surface area contributed by atoms with Crippen molar-refractivity contribution >= 4 is 25.8 Å². The van der Waals surface area contributed by atoms with Crippen molar-refractivity contribution in [2.75, 3.05) is 42.5 Å². The van der Waals surface area contributed by atoms with Crippen molar-refractivity contribution < 1.29 is 40.6 Å². The second-order valence-corrected chi connectivity index (χ2v) is 19.7. The summed E-state index contributed by atoms with van der Waals surface area (Å²) in [5.41, 5.74) is 4.31. The van der Waals surface area contributed by atoms with Gasteiger partial charge in [-0.2, -0.15) is 18.8 Å². The molecule has 0 aliphatic heterocycles. The van der Waals surface area contributed by atoms with Crippen molar-refractivity contribution in [2.24, 2.45) is 14.1 Å². The largest absolute Gasteiger partial charge is 0.497 e. The van der Waals surface area contributed by atoms with E-state index in [2.05, 4.69) is 15.1 Å². The summed E-state index contributed by atoms with van der Waals surface area (Å²) in [4.78, 5) is 13.9. The highest BCUT2D eigenvalue weighted by Gasteiger charge is 2.49. The van der Waals surface area contributed by atoms with E-state index < -0.39 is 20.0 Å². The molecule has 0 unspecified atom stereocenters. The molecule has 0 amide bonds. The highest BCUT2D eigenvalue weighted by molar-refractivity contribution is 7.89. The van der Waals surface area contributed by atoms with Crippen molar-refractivity contribution in [3.8, 4) is 23.0 Å². The molecule has 1 aliphatic carbocycles. The number of hydrogen-bond donors (Lipinski definition) is 0. The number of ketones is 1. The Bertz CT molecular complexity index is 2670. The molecule has 4 aromatic carbocycles. The van der Waals surface area contributed by atoms with E-state index in [9.17, 15) is 21.6 Å². The molecule has 0 N–H and O–H groups in total. The molecule has 346 valence electrons. The molecular weight excluding hydrogens is 871 g/mol. The molecule has 65 heavy (non-hydrogen) atoms. The average molecular weight is 928 g/mol. The van der Waals surface area contributed by atoms with E-state index in [4.69, 9.17) is 18.9 Å². The zero-order valence-electron chi connectivity index (χ0n) is 38.3. The van der Waals surface area contributed by atoms with Crippen LogP contribution in [-0.4, -0.2) is 98.2 Å². The summed E-state index contributed by atoms with van der Waals surface area (Å²) in [6.07, 6.45) is 1.97. The van der Waals surface area contributed by atoms with Crippen LogP contribution in [0, 0.1) is 0 Å². The molecule has 1 saturated carbocycles. The van der Waals surface area contributed by atoms with Gasteiger partial charge in [0.1, 0.15) is 28.7 Å². The Hall–Kier alpha value is -6.05. The molecule has 16 nitrogen and oxygen atoms in total. The van der Waals surface area contributed by atoms with Gasteiger partial charge >= 0.3 is 0 Å². The topological polar surface area (TPSA) is 168 Å². The number of aromatic nitrogens is 4. The lowest BCUT2D eigenvalue weighted by Gasteiger charge is -2.23. The van der Waals surface area contributed by atoms with Crippen LogP contribution in [0.2, 0.25) is 0 Å². The number of nitrogens with zero attached hydrogens (tertiary/aromatic N) is 7. The minimum absolute atomic E-state index is 0.0696. The number of ether oxygens (including phenoxy) is 4. The van der Waals surface area contributed by atoms with E-state index in [-0.39, 0.29) is 53.2 Å². The third-order valence-electron chi connectivity index (χ3n) is 11.4. The minimum atomic E-state index is -3.98. The summed E-state index contributed by atoms with van der Waals surface area (Å²) in [7, 11) is 5.92. The number of benzene rings is 4. The maximum atomic E-state index is 13.9. The van der Waals surface area contributed by atoms with Gasteiger partial charge in [-0.05, 0) is 97.7 Å². The monoisotopic (exact) mass is 927 g/mol. The first-order valence-corrected chi connectivity index (χ1v) is 23.6. The van der Waals surface area contributed by atoms with Crippen molar-refractivity contribution in [1.82, 2.24) is 33.1 Å². The number of Topliss-reactive ketones (excluding diaryl/α,β-unsaturated/α-hetero) is 1. The second-order valence-electron chi connectivity index (χ2n) is 15.9. The smallest absolute Gasteiger partial charge is 0.263 e. The maximum absolute atomic E-state index is 13.9. The number of rotatable bonds is 19. The summed E-state index contributed by atoms with van der Waals surface area (Å²) < 4.78 is 81.3. The molecule has 1 fully saturated rings. The van der Waals surface area contributed by atoms with Gasteiger partial charge < -0.3 is 18.9 Å². The number of aryl methyl sites for hydroxylation is 2. The normalized spacial score (nSPS) is 13.4. The number of methoxy groups -OCH3 is 4. The van der Waals surface area contributed by atoms with Crippen LogP contribution in [0.3, 0.4) is 0 Å². The van der Waals surface area contributed by atoms with E-state index in [1.807, 2.05) is 93.9 Å². The summed E-state index contributed by atoms with van der Waals surface area (Å²) in [6, 6.07) is 32.3. The number of sulfonamides is 2. The standard InChI is InChI=1S/C25H32N4O4S.C22H25N3O5S/c1-27(2)25(14-15-25)23-16-24(26-28(23)3)34(30,31)29(17-19-6-10-21(32-4)11-7-19)18-20-8-12-22(33-5)13-9-20;1-16(26)21-13-22(23-24(21)2)31(27,28)25(14-17-5-9-19(29-3)10-6-17)15-18-7-11-20(30-4)12-8-18/h6-13,16H,14-15,17-18H2,1-5H3;5-13H,14-15H2,1-4H3. The van der Waals surface area contributed by atoms with Crippen LogP contribution < -0.4 is 18.9 Å². The van der Waals surface area contributed by atoms with E-state index in [0.717, 1.165) is 52.3 Å². The van der Waals surface area contributed by atoms with E-state index in [1.165, 1.54) is 26.3 Å². The molecule has 2 heterocycles. The van der Waals surface area contributed by atoms with E-state index in [1.54, 1.807) is 70.5 Å². The van der Waals surface area contributed by atoms with Crippen molar-refractivity contribution in [1.29, 1.82) is 0 Å². The third-order valence-corrected chi connectivity index (χ3v) is 14.7. The Balaban J connectivity index is 0.000000216. The Kier molecular flexibility index (Phi) is 15.2. The Morgan fingerprint density at radius 2 is 0.862 bits per heavy atom. The van der Waals surface area contributed by atoms with Crippen LogP contribution in [0.4, 0.5) is 0 Å². The Labute approximate surface area is 382 Å². The third kappa shape index (κ3) is 11.3. The first kappa shape index (κ1) is 48.4. The fourth-order valence-electron chi connectivity index (χ4n) is 7.40. The highest BCUT2D eigenvalue weighted by Crippen LogP contribution is 2.50. The maximum Gasteiger partial charge on any atom is 0.263 e. The first-order valence-electron chi connectivity index (χ1n) is 20.7. The van der Waals surface area contributed by atoms with Gasteiger partial charge in [-0.1, -0.05) is 48.5 Å². The van der Waals surface area contributed by atoms with Crippen LogP contribution in [0.5, 0.6) is 23.0 Å². The van der Waals surface area contributed by atoms with Crippen LogP contribution in [-0.2, 0) is 65.9 Å². The predicted molar refractivity (Wildman–Crippen MR) is 246 cm³/mol.